The molecule has 7 heteroatoms. The third-order valence-electron chi connectivity index (χ3n) is 5.00. The summed E-state index contributed by atoms with van der Waals surface area (Å²) in [6.45, 7) is 2.10. The lowest BCUT2D eigenvalue weighted by Crippen LogP contribution is -2.52. The molecule has 1 saturated heterocycles. The Morgan fingerprint density at radius 3 is 2.93 bits per heavy atom. The summed E-state index contributed by atoms with van der Waals surface area (Å²) < 4.78 is 11.4. The summed E-state index contributed by atoms with van der Waals surface area (Å²) in [7, 11) is 1.65. The molecule has 27 heavy (non-hydrogen) atoms. The Balaban J connectivity index is 0.00000210. The molecule has 0 spiro atoms. The highest BCUT2D eigenvalue weighted by Crippen LogP contribution is 2.35. The number of benzene rings is 2. The molecule has 0 radical (unpaired) electrons. The molecule has 1 amide bonds. The molecule has 0 bridgehead atoms. The molecule has 144 valence electrons. The number of amides is 1. The van der Waals surface area contributed by atoms with Crippen molar-refractivity contribution in [1.29, 1.82) is 0 Å². The summed E-state index contributed by atoms with van der Waals surface area (Å²) in [4.78, 5) is 15.1. The average molecular weight is 409 g/mol. The quantitative estimate of drug-likeness (QED) is 0.846. The van der Waals surface area contributed by atoms with E-state index in [1.54, 1.807) is 13.2 Å². The Kier molecular flexibility index (Phi) is 6.15. The molecule has 2 heterocycles. The van der Waals surface area contributed by atoms with E-state index in [1.165, 1.54) is 0 Å². The van der Waals surface area contributed by atoms with Crippen molar-refractivity contribution in [2.75, 3.05) is 26.7 Å². The molecule has 0 aromatic heterocycles. The van der Waals surface area contributed by atoms with Crippen molar-refractivity contribution in [3.8, 4) is 11.5 Å². The van der Waals surface area contributed by atoms with Crippen molar-refractivity contribution in [2.24, 2.45) is 0 Å². The maximum absolute atomic E-state index is 13.2. The third-order valence-corrected chi connectivity index (χ3v) is 5.23. The van der Waals surface area contributed by atoms with E-state index in [0.717, 1.165) is 29.2 Å². The van der Waals surface area contributed by atoms with Crippen LogP contribution in [0, 0.1) is 0 Å². The molecule has 0 aliphatic carbocycles. The van der Waals surface area contributed by atoms with Gasteiger partial charge in [-0.2, -0.15) is 0 Å². The van der Waals surface area contributed by atoms with Gasteiger partial charge in [0.1, 0.15) is 11.5 Å². The van der Waals surface area contributed by atoms with Crippen LogP contribution in [-0.2, 0) is 11.2 Å². The van der Waals surface area contributed by atoms with Crippen molar-refractivity contribution < 1.29 is 14.3 Å². The molecule has 2 aliphatic heterocycles. The molecular formula is C20H22Cl2N2O3. The number of hydrogen-bond acceptors (Lipinski definition) is 4. The maximum atomic E-state index is 13.2. The highest BCUT2D eigenvalue weighted by Gasteiger charge is 2.37. The minimum Gasteiger partial charge on any atom is -0.496 e. The molecule has 1 N–H and O–H groups in total. The van der Waals surface area contributed by atoms with Gasteiger partial charge in [0.15, 0.2) is 6.10 Å². The number of carbonyl (C=O) groups is 1. The normalized spacial score (nSPS) is 21.0. The van der Waals surface area contributed by atoms with Crippen LogP contribution in [0.4, 0.5) is 0 Å². The summed E-state index contributed by atoms with van der Waals surface area (Å²) in [5.41, 5.74) is 1.99. The molecular weight excluding hydrogens is 387 g/mol. The summed E-state index contributed by atoms with van der Waals surface area (Å²) in [5, 5.41) is 4.04. The van der Waals surface area contributed by atoms with Gasteiger partial charge in [0.25, 0.3) is 5.91 Å². The Morgan fingerprint density at radius 1 is 1.30 bits per heavy atom. The number of carbonyl (C=O) groups excluding carboxylic acids is 1. The predicted molar refractivity (Wildman–Crippen MR) is 107 cm³/mol. The first kappa shape index (κ1) is 19.8. The second-order valence-corrected chi connectivity index (χ2v) is 6.99. The number of halogens is 2. The lowest BCUT2D eigenvalue weighted by atomic mass is 10.0. The van der Waals surface area contributed by atoms with Gasteiger partial charge in [-0.3, -0.25) is 4.79 Å². The van der Waals surface area contributed by atoms with Crippen molar-refractivity contribution in [2.45, 2.75) is 18.6 Å². The highest BCUT2D eigenvalue weighted by molar-refractivity contribution is 6.30. The Morgan fingerprint density at radius 2 is 2.11 bits per heavy atom. The molecule has 0 saturated carbocycles. The zero-order valence-corrected chi connectivity index (χ0v) is 16.6. The lowest BCUT2D eigenvalue weighted by Gasteiger charge is -2.38. The molecule has 2 aromatic rings. The van der Waals surface area contributed by atoms with Gasteiger partial charge in [-0.05, 0) is 29.8 Å². The van der Waals surface area contributed by atoms with Crippen molar-refractivity contribution in [3.05, 3.63) is 58.6 Å². The minimum absolute atomic E-state index is 0. The van der Waals surface area contributed by atoms with Gasteiger partial charge in [-0.25, -0.2) is 0 Å². The fourth-order valence-corrected chi connectivity index (χ4v) is 3.92. The van der Waals surface area contributed by atoms with Gasteiger partial charge in [0.2, 0.25) is 0 Å². The first-order chi connectivity index (χ1) is 12.7. The van der Waals surface area contributed by atoms with Crippen LogP contribution in [0.1, 0.15) is 17.2 Å². The van der Waals surface area contributed by atoms with Crippen LogP contribution < -0.4 is 14.8 Å². The topological polar surface area (TPSA) is 50.8 Å². The van der Waals surface area contributed by atoms with E-state index in [2.05, 4.69) is 5.32 Å². The van der Waals surface area contributed by atoms with E-state index in [-0.39, 0.29) is 24.4 Å². The highest BCUT2D eigenvalue weighted by atomic mass is 35.5. The van der Waals surface area contributed by atoms with Gasteiger partial charge in [0.05, 0.1) is 13.2 Å². The van der Waals surface area contributed by atoms with Crippen molar-refractivity contribution in [1.82, 2.24) is 10.2 Å². The number of ether oxygens (including phenoxy) is 2. The van der Waals surface area contributed by atoms with Gasteiger partial charge >= 0.3 is 0 Å². The lowest BCUT2D eigenvalue weighted by molar-refractivity contribution is -0.141. The average Bonchev–Trinajstić information content (AvgIpc) is 3.10. The summed E-state index contributed by atoms with van der Waals surface area (Å²) in [6, 6.07) is 13.3. The molecule has 4 rings (SSSR count). The summed E-state index contributed by atoms with van der Waals surface area (Å²) >= 11 is 6.06. The van der Waals surface area contributed by atoms with Crippen LogP contribution in [0.15, 0.2) is 42.5 Å². The zero-order chi connectivity index (χ0) is 18.1. The van der Waals surface area contributed by atoms with E-state index in [4.69, 9.17) is 21.1 Å². The fourth-order valence-electron chi connectivity index (χ4n) is 3.73. The second-order valence-electron chi connectivity index (χ2n) is 6.56. The molecule has 5 nitrogen and oxygen atoms in total. The molecule has 2 aromatic carbocycles. The molecule has 1 fully saturated rings. The fraction of sp³-hybridized carbons (Fsp3) is 0.350. The number of nitrogens with one attached hydrogen (secondary N) is 1. The Hall–Kier alpha value is -1.95. The second kappa shape index (κ2) is 8.38. The van der Waals surface area contributed by atoms with Gasteiger partial charge < -0.3 is 19.7 Å². The van der Waals surface area contributed by atoms with E-state index in [0.29, 0.717) is 24.5 Å². The maximum Gasteiger partial charge on any atom is 0.264 e. The predicted octanol–water partition coefficient (Wildman–Crippen LogP) is 3.25. The van der Waals surface area contributed by atoms with Crippen LogP contribution in [0.5, 0.6) is 11.5 Å². The summed E-state index contributed by atoms with van der Waals surface area (Å²) in [6.07, 6.45) is 0.0517. The molecule has 2 atom stereocenters. The number of hydrogen-bond donors (Lipinski definition) is 1. The van der Waals surface area contributed by atoms with Gasteiger partial charge in [-0.1, -0.05) is 29.8 Å². The van der Waals surface area contributed by atoms with E-state index in [1.807, 2.05) is 41.3 Å². The van der Waals surface area contributed by atoms with Gasteiger partial charge in [0, 0.05) is 36.6 Å². The monoisotopic (exact) mass is 408 g/mol. The van der Waals surface area contributed by atoms with E-state index < -0.39 is 6.10 Å². The first-order valence-corrected chi connectivity index (χ1v) is 9.14. The number of piperazine rings is 1. The largest absolute Gasteiger partial charge is 0.496 e. The van der Waals surface area contributed by atoms with Gasteiger partial charge in [-0.15, -0.1) is 12.4 Å². The SMILES string of the molecule is COc1ccccc1C1CNCCN1C(=O)C1Cc2cc(Cl)ccc2O1.Cl. The zero-order valence-electron chi connectivity index (χ0n) is 15.0. The molecule has 2 unspecified atom stereocenters. The van der Waals surface area contributed by atoms with Crippen LogP contribution in [0.2, 0.25) is 5.02 Å². The minimum atomic E-state index is -0.501. The number of rotatable bonds is 3. The number of para-hydroxylation sites is 1. The smallest absolute Gasteiger partial charge is 0.264 e. The Bertz CT molecular complexity index is 831. The van der Waals surface area contributed by atoms with E-state index >= 15 is 0 Å². The van der Waals surface area contributed by atoms with Crippen molar-refractivity contribution in [3.63, 3.8) is 0 Å². The Labute approximate surface area is 170 Å². The number of methoxy groups -OCH3 is 1. The molecule has 2 aliphatic rings. The van der Waals surface area contributed by atoms with E-state index in [9.17, 15) is 4.79 Å². The van der Waals surface area contributed by atoms with Crippen LogP contribution >= 0.6 is 24.0 Å². The van der Waals surface area contributed by atoms with Crippen molar-refractivity contribution >= 4 is 29.9 Å². The van der Waals surface area contributed by atoms with Crippen LogP contribution in [0.25, 0.3) is 0 Å². The first-order valence-electron chi connectivity index (χ1n) is 8.76. The number of nitrogens with zero attached hydrogens (tertiary/aromatic N) is 1. The summed E-state index contributed by atoms with van der Waals surface area (Å²) in [5.74, 6) is 1.55. The number of fused-ring (bicyclic) bond motifs is 1. The third kappa shape index (κ3) is 3.86. The standard InChI is InChI=1S/C20H21ClN2O3.ClH/c1-25-18-5-3-2-4-15(18)16-12-22-8-9-23(16)20(24)19-11-13-10-14(21)6-7-17(13)26-19;/h2-7,10,16,19,22H,8-9,11-12H2,1H3;1H. The van der Waals surface area contributed by atoms with Crippen LogP contribution in [-0.4, -0.2) is 43.7 Å². The van der Waals surface area contributed by atoms with Crippen LogP contribution in [0.3, 0.4) is 0 Å².